The molecular formula is C23H27F3N4O4. The third-order valence-corrected chi connectivity index (χ3v) is 6.16. The molecule has 0 radical (unpaired) electrons. The highest BCUT2D eigenvalue weighted by molar-refractivity contribution is 5.89. The fourth-order valence-electron chi connectivity index (χ4n) is 4.33. The number of nitrogens with zero attached hydrogens (tertiary/aromatic N) is 3. The summed E-state index contributed by atoms with van der Waals surface area (Å²) in [5.41, 5.74) is -0.199. The van der Waals surface area contributed by atoms with E-state index in [9.17, 15) is 27.9 Å². The summed E-state index contributed by atoms with van der Waals surface area (Å²) in [5.74, 6) is -4.02. The fourth-order valence-corrected chi connectivity index (χ4v) is 4.33. The normalized spacial score (nSPS) is 19.1. The largest absolute Gasteiger partial charge is 0.376 e. The van der Waals surface area contributed by atoms with Gasteiger partial charge in [-0.2, -0.15) is 9.78 Å². The molecule has 2 amide bonds. The van der Waals surface area contributed by atoms with Gasteiger partial charge < -0.3 is 20.1 Å². The van der Waals surface area contributed by atoms with Crippen molar-refractivity contribution < 1.29 is 32.6 Å². The summed E-state index contributed by atoms with van der Waals surface area (Å²) in [6.07, 6.45) is 0.492. The molecule has 2 aliphatic rings. The number of benzene rings is 1. The summed E-state index contributed by atoms with van der Waals surface area (Å²) in [4.78, 5) is 27.8. The van der Waals surface area contributed by atoms with Crippen molar-refractivity contribution >= 4 is 11.9 Å². The number of hydrogen-bond donors (Lipinski definition) is 2. The highest BCUT2D eigenvalue weighted by atomic mass is 19.2. The summed E-state index contributed by atoms with van der Waals surface area (Å²) >= 11 is 0. The number of amides is 2. The molecule has 1 aromatic heterocycles. The lowest BCUT2D eigenvalue weighted by Crippen LogP contribution is -2.56. The minimum absolute atomic E-state index is 0.0119. The number of halogens is 3. The smallest absolute Gasteiger partial charge is 0.343 e. The van der Waals surface area contributed by atoms with E-state index in [-0.39, 0.29) is 30.9 Å². The Hall–Kier alpha value is -2.92. The molecule has 0 unspecified atom stereocenters. The van der Waals surface area contributed by atoms with E-state index in [4.69, 9.17) is 4.74 Å². The number of rotatable bonds is 3. The SMILES string of the molecule is CC(C)(C)[C@H](NC(=O)n1nc(-c2cc(F)c(F)cc2F)c2c1CCOC2)C(=O)N1CCC[C@@H]1O. The predicted octanol–water partition coefficient (Wildman–Crippen LogP) is 2.95. The van der Waals surface area contributed by atoms with Crippen molar-refractivity contribution in [1.29, 1.82) is 0 Å². The molecule has 1 fully saturated rings. The Morgan fingerprint density at radius 1 is 1.21 bits per heavy atom. The van der Waals surface area contributed by atoms with Gasteiger partial charge in [0, 0.05) is 30.2 Å². The van der Waals surface area contributed by atoms with E-state index in [2.05, 4.69) is 10.4 Å². The zero-order valence-electron chi connectivity index (χ0n) is 19.2. The Labute approximate surface area is 194 Å². The van der Waals surface area contributed by atoms with Gasteiger partial charge in [-0.15, -0.1) is 0 Å². The lowest BCUT2D eigenvalue weighted by Gasteiger charge is -2.34. The number of carbonyl (C=O) groups excluding carboxylic acids is 2. The Balaban J connectivity index is 1.70. The average Bonchev–Trinajstić information content (AvgIpc) is 3.37. The molecular weight excluding hydrogens is 453 g/mol. The number of aliphatic hydroxyl groups is 1. The van der Waals surface area contributed by atoms with Crippen LogP contribution in [0.15, 0.2) is 12.1 Å². The second kappa shape index (κ2) is 9.03. The third-order valence-electron chi connectivity index (χ3n) is 6.16. The number of nitrogens with one attached hydrogen (secondary N) is 1. The predicted molar refractivity (Wildman–Crippen MR) is 115 cm³/mol. The van der Waals surface area contributed by atoms with Gasteiger partial charge in [0.25, 0.3) is 0 Å². The summed E-state index contributed by atoms with van der Waals surface area (Å²) < 4.78 is 48.3. The average molecular weight is 480 g/mol. The first-order valence-corrected chi connectivity index (χ1v) is 11.1. The van der Waals surface area contributed by atoms with Crippen LogP contribution in [0.3, 0.4) is 0 Å². The van der Waals surface area contributed by atoms with E-state index >= 15 is 0 Å². The molecule has 8 nitrogen and oxygen atoms in total. The number of fused-ring (bicyclic) bond motifs is 1. The van der Waals surface area contributed by atoms with Gasteiger partial charge in [0.1, 0.15) is 23.8 Å². The number of hydrogen-bond acceptors (Lipinski definition) is 5. The number of carbonyl (C=O) groups is 2. The molecule has 184 valence electrons. The Morgan fingerprint density at radius 2 is 1.91 bits per heavy atom. The maximum absolute atomic E-state index is 14.5. The second-order valence-electron chi connectivity index (χ2n) is 9.64. The molecule has 3 heterocycles. The molecule has 1 aromatic carbocycles. The van der Waals surface area contributed by atoms with Gasteiger partial charge in [0.15, 0.2) is 11.6 Å². The minimum Gasteiger partial charge on any atom is -0.376 e. The second-order valence-corrected chi connectivity index (χ2v) is 9.64. The molecule has 2 aliphatic heterocycles. The summed E-state index contributed by atoms with van der Waals surface area (Å²) in [7, 11) is 0. The lowest BCUT2D eigenvalue weighted by atomic mass is 9.86. The van der Waals surface area contributed by atoms with Crippen LogP contribution in [-0.2, 0) is 22.6 Å². The van der Waals surface area contributed by atoms with E-state index in [0.29, 0.717) is 42.8 Å². The Kier molecular flexibility index (Phi) is 6.43. The molecule has 0 saturated carbocycles. The van der Waals surface area contributed by atoms with Crippen LogP contribution in [-0.4, -0.2) is 57.1 Å². The van der Waals surface area contributed by atoms with E-state index in [1.54, 1.807) is 20.8 Å². The molecule has 2 aromatic rings. The van der Waals surface area contributed by atoms with Crippen LogP contribution >= 0.6 is 0 Å². The Morgan fingerprint density at radius 3 is 2.56 bits per heavy atom. The molecule has 2 atom stereocenters. The van der Waals surface area contributed by atoms with Gasteiger partial charge >= 0.3 is 6.03 Å². The third kappa shape index (κ3) is 4.41. The molecule has 0 aliphatic carbocycles. The number of likely N-dealkylation sites (tertiary alicyclic amines) is 1. The van der Waals surface area contributed by atoms with Gasteiger partial charge in [-0.05, 0) is 24.3 Å². The molecule has 34 heavy (non-hydrogen) atoms. The van der Waals surface area contributed by atoms with E-state index in [1.807, 2.05) is 0 Å². The summed E-state index contributed by atoms with van der Waals surface area (Å²) in [5, 5.41) is 17.1. The molecule has 4 rings (SSSR count). The molecule has 0 spiro atoms. The van der Waals surface area contributed by atoms with Gasteiger partial charge in [-0.25, -0.2) is 18.0 Å². The van der Waals surface area contributed by atoms with Crippen molar-refractivity contribution in [2.24, 2.45) is 5.41 Å². The lowest BCUT2D eigenvalue weighted by molar-refractivity contribution is -0.142. The molecule has 11 heteroatoms. The van der Waals surface area contributed by atoms with Crippen molar-refractivity contribution in [3.63, 3.8) is 0 Å². The topological polar surface area (TPSA) is 96.7 Å². The number of aliphatic hydroxyl groups excluding tert-OH is 1. The Bertz CT molecular complexity index is 1130. The highest BCUT2D eigenvalue weighted by Crippen LogP contribution is 2.32. The standard InChI is InChI=1S/C23H27F3N4O4/c1-23(2,3)20(21(32)29-7-4-5-18(29)31)27-22(33)30-17-6-8-34-11-13(17)19(28-30)12-9-15(25)16(26)10-14(12)24/h9-10,18,20,31H,4-8,11H2,1-3H3,(H,27,33)/t18-,20+/m0/s1. The van der Waals surface area contributed by atoms with Crippen molar-refractivity contribution in [1.82, 2.24) is 20.0 Å². The quantitative estimate of drug-likeness (QED) is 0.659. The first-order chi connectivity index (χ1) is 16.0. The van der Waals surface area contributed by atoms with Gasteiger partial charge in [-0.1, -0.05) is 20.8 Å². The van der Waals surface area contributed by atoms with Crippen LogP contribution in [0, 0.1) is 22.9 Å². The van der Waals surface area contributed by atoms with Crippen LogP contribution in [0.4, 0.5) is 18.0 Å². The van der Waals surface area contributed by atoms with E-state index in [0.717, 1.165) is 4.68 Å². The first-order valence-electron chi connectivity index (χ1n) is 11.1. The summed E-state index contributed by atoms with van der Waals surface area (Å²) in [6, 6.07) is -0.583. The van der Waals surface area contributed by atoms with E-state index < -0.39 is 47.1 Å². The monoisotopic (exact) mass is 480 g/mol. The first kappa shape index (κ1) is 24.2. The van der Waals surface area contributed by atoms with Crippen molar-refractivity contribution in [3.05, 3.63) is 40.8 Å². The minimum atomic E-state index is -1.33. The van der Waals surface area contributed by atoms with Crippen LogP contribution in [0.25, 0.3) is 11.3 Å². The molecule has 0 bridgehead atoms. The maximum atomic E-state index is 14.5. The van der Waals surface area contributed by atoms with Crippen LogP contribution < -0.4 is 5.32 Å². The molecule has 2 N–H and O–H groups in total. The van der Waals surface area contributed by atoms with Gasteiger partial charge in [0.2, 0.25) is 5.91 Å². The van der Waals surface area contributed by atoms with Crippen LogP contribution in [0.2, 0.25) is 0 Å². The molecule has 1 saturated heterocycles. The number of ether oxygens (including phenoxy) is 1. The van der Waals surface area contributed by atoms with Gasteiger partial charge in [-0.3, -0.25) is 4.79 Å². The zero-order chi connectivity index (χ0) is 24.8. The zero-order valence-corrected chi connectivity index (χ0v) is 19.2. The highest BCUT2D eigenvalue weighted by Gasteiger charge is 2.40. The summed E-state index contributed by atoms with van der Waals surface area (Å²) in [6.45, 7) is 6.04. The van der Waals surface area contributed by atoms with Crippen LogP contribution in [0.1, 0.15) is 44.9 Å². The number of aromatic nitrogens is 2. The van der Waals surface area contributed by atoms with Crippen molar-refractivity contribution in [2.45, 2.75) is 58.9 Å². The van der Waals surface area contributed by atoms with Crippen molar-refractivity contribution in [2.75, 3.05) is 13.2 Å². The van der Waals surface area contributed by atoms with Gasteiger partial charge in [0.05, 0.1) is 18.9 Å². The fraction of sp³-hybridized carbons (Fsp3) is 0.522. The van der Waals surface area contributed by atoms with Crippen LogP contribution in [0.5, 0.6) is 0 Å². The van der Waals surface area contributed by atoms with Crippen molar-refractivity contribution in [3.8, 4) is 11.3 Å². The maximum Gasteiger partial charge on any atom is 0.343 e. The van der Waals surface area contributed by atoms with E-state index in [1.165, 1.54) is 4.90 Å².